The molecule has 110 valence electrons. The Morgan fingerprint density at radius 3 is 2.70 bits per heavy atom. The van der Waals surface area contributed by atoms with Crippen molar-refractivity contribution in [3.63, 3.8) is 0 Å². The minimum atomic E-state index is -0.362. The minimum Gasteiger partial charge on any atom is -0.370 e. The van der Waals surface area contributed by atoms with E-state index in [0.717, 1.165) is 38.0 Å². The van der Waals surface area contributed by atoms with Crippen LogP contribution in [0.4, 0.5) is 0 Å². The van der Waals surface area contributed by atoms with E-state index in [-0.39, 0.29) is 17.6 Å². The van der Waals surface area contributed by atoms with E-state index >= 15 is 0 Å². The lowest BCUT2D eigenvalue weighted by atomic mass is 9.79. The van der Waals surface area contributed by atoms with Gasteiger partial charge in [-0.1, -0.05) is 24.2 Å². The molecule has 1 saturated carbocycles. The second-order valence-corrected chi connectivity index (χ2v) is 6.23. The number of hydrogen-bond donors (Lipinski definition) is 1. The monoisotopic (exact) mass is 277 g/mol. The Morgan fingerprint density at radius 1 is 1.35 bits per heavy atom. The first-order valence-electron chi connectivity index (χ1n) is 7.46. The lowest BCUT2D eigenvalue weighted by molar-refractivity contribution is -0.0609. The van der Waals surface area contributed by atoms with Crippen LogP contribution in [0, 0.1) is 5.92 Å². The summed E-state index contributed by atoms with van der Waals surface area (Å²) in [6.45, 7) is 2.28. The fraction of sp³-hybridized carbons (Fsp3) is 0.733. The summed E-state index contributed by atoms with van der Waals surface area (Å²) in [7, 11) is 1.75. The number of nitrogens with zero attached hydrogens (tertiary/aromatic N) is 2. The van der Waals surface area contributed by atoms with Crippen LogP contribution < -0.4 is 5.73 Å². The van der Waals surface area contributed by atoms with Crippen LogP contribution in [0.1, 0.15) is 56.7 Å². The number of hydrogen-bond acceptors (Lipinski definition) is 5. The molecule has 20 heavy (non-hydrogen) atoms. The molecular weight excluding hydrogens is 254 g/mol. The van der Waals surface area contributed by atoms with Crippen LogP contribution in [0.2, 0.25) is 0 Å². The summed E-state index contributed by atoms with van der Waals surface area (Å²) in [6, 6.07) is 0.0993. The average Bonchev–Trinajstić information content (AvgIpc) is 3.09. The van der Waals surface area contributed by atoms with Crippen molar-refractivity contribution < 1.29 is 9.26 Å². The number of allylic oxidation sites excluding steroid dienone is 1. The number of rotatable bonds is 3. The number of nitrogens with two attached hydrogens (primary N) is 1. The molecule has 0 spiro atoms. The third-order valence-electron chi connectivity index (χ3n) is 4.76. The van der Waals surface area contributed by atoms with Gasteiger partial charge >= 0.3 is 0 Å². The van der Waals surface area contributed by atoms with E-state index < -0.39 is 0 Å². The molecule has 2 N–H and O–H groups in total. The van der Waals surface area contributed by atoms with Crippen LogP contribution in [0.5, 0.6) is 0 Å². The standard InChI is InChI=1S/C15H23N3O2/c1-10-5-7-15(19-2,8-6-10)14-17-13(20-18-14)11-3-4-12(16)9-11/h3-4,10-12H,5-9,16H2,1-2H3. The van der Waals surface area contributed by atoms with Gasteiger partial charge in [0.15, 0.2) is 0 Å². The summed E-state index contributed by atoms with van der Waals surface area (Å²) in [5.74, 6) is 2.28. The highest BCUT2D eigenvalue weighted by Gasteiger charge is 2.40. The van der Waals surface area contributed by atoms with E-state index in [2.05, 4.69) is 23.1 Å². The van der Waals surface area contributed by atoms with E-state index in [1.54, 1.807) is 7.11 Å². The molecule has 2 unspecified atom stereocenters. The first kappa shape index (κ1) is 13.8. The van der Waals surface area contributed by atoms with Crippen molar-refractivity contribution >= 4 is 0 Å². The Labute approximate surface area is 119 Å². The number of methoxy groups -OCH3 is 1. The molecular formula is C15H23N3O2. The van der Waals surface area contributed by atoms with Crippen molar-refractivity contribution in [3.05, 3.63) is 23.9 Å². The topological polar surface area (TPSA) is 74.2 Å². The normalized spacial score (nSPS) is 37.5. The zero-order chi connectivity index (χ0) is 14.2. The average molecular weight is 277 g/mol. The smallest absolute Gasteiger partial charge is 0.233 e. The van der Waals surface area contributed by atoms with Crippen LogP contribution >= 0.6 is 0 Å². The van der Waals surface area contributed by atoms with Gasteiger partial charge in [0.05, 0.1) is 5.92 Å². The van der Waals surface area contributed by atoms with Gasteiger partial charge in [-0.25, -0.2) is 0 Å². The maximum absolute atomic E-state index is 5.88. The van der Waals surface area contributed by atoms with Crippen LogP contribution in [0.3, 0.4) is 0 Å². The number of aromatic nitrogens is 2. The summed E-state index contributed by atoms with van der Waals surface area (Å²) in [5, 5.41) is 4.19. The van der Waals surface area contributed by atoms with Crippen molar-refractivity contribution in [1.29, 1.82) is 0 Å². The number of ether oxygens (including phenoxy) is 1. The molecule has 1 aromatic heterocycles. The minimum absolute atomic E-state index is 0.0993. The maximum Gasteiger partial charge on any atom is 0.233 e. The van der Waals surface area contributed by atoms with Gasteiger partial charge in [0.25, 0.3) is 0 Å². The molecule has 1 heterocycles. The van der Waals surface area contributed by atoms with Gasteiger partial charge in [-0.05, 0) is 38.0 Å². The van der Waals surface area contributed by atoms with Gasteiger partial charge in [-0.3, -0.25) is 0 Å². The van der Waals surface area contributed by atoms with Crippen molar-refractivity contribution in [2.24, 2.45) is 11.7 Å². The summed E-state index contributed by atoms with van der Waals surface area (Å²) in [6.07, 6.45) is 9.12. The van der Waals surface area contributed by atoms with E-state index in [9.17, 15) is 0 Å². The van der Waals surface area contributed by atoms with Crippen LogP contribution in [-0.2, 0) is 10.3 Å². The zero-order valence-corrected chi connectivity index (χ0v) is 12.2. The molecule has 1 aromatic rings. The molecule has 0 aromatic carbocycles. The highest BCUT2D eigenvalue weighted by atomic mass is 16.5. The first-order valence-corrected chi connectivity index (χ1v) is 7.46. The van der Waals surface area contributed by atoms with E-state index in [4.69, 9.17) is 15.0 Å². The van der Waals surface area contributed by atoms with Crippen molar-refractivity contribution in [2.45, 2.75) is 56.6 Å². The van der Waals surface area contributed by atoms with Crippen molar-refractivity contribution in [1.82, 2.24) is 10.1 Å². The second-order valence-electron chi connectivity index (χ2n) is 6.23. The quantitative estimate of drug-likeness (QED) is 0.859. The molecule has 5 heteroatoms. The molecule has 1 fully saturated rings. The van der Waals surface area contributed by atoms with E-state index in [1.165, 1.54) is 0 Å². The summed E-state index contributed by atoms with van der Waals surface area (Å²) >= 11 is 0. The van der Waals surface area contributed by atoms with Gasteiger partial charge in [-0.2, -0.15) is 4.98 Å². The van der Waals surface area contributed by atoms with Crippen LogP contribution in [0.25, 0.3) is 0 Å². The largest absolute Gasteiger partial charge is 0.370 e. The van der Waals surface area contributed by atoms with Gasteiger partial charge in [0, 0.05) is 13.2 Å². The van der Waals surface area contributed by atoms with Gasteiger partial charge in [0.2, 0.25) is 11.7 Å². The first-order chi connectivity index (χ1) is 9.63. The molecule has 2 aliphatic rings. The maximum atomic E-state index is 5.88. The Balaban J connectivity index is 1.80. The van der Waals surface area contributed by atoms with Crippen molar-refractivity contribution in [3.8, 4) is 0 Å². The Bertz CT molecular complexity index is 489. The van der Waals surface area contributed by atoms with E-state index in [1.807, 2.05) is 6.08 Å². The molecule has 0 bridgehead atoms. The van der Waals surface area contributed by atoms with Crippen LogP contribution in [-0.4, -0.2) is 23.3 Å². The molecule has 0 aliphatic heterocycles. The van der Waals surface area contributed by atoms with Crippen LogP contribution in [0.15, 0.2) is 16.7 Å². The fourth-order valence-corrected chi connectivity index (χ4v) is 3.23. The highest BCUT2D eigenvalue weighted by molar-refractivity contribution is 5.16. The Morgan fingerprint density at radius 2 is 2.10 bits per heavy atom. The Hall–Kier alpha value is -1.20. The summed E-state index contributed by atoms with van der Waals surface area (Å²) in [4.78, 5) is 4.61. The van der Waals surface area contributed by atoms with E-state index in [0.29, 0.717) is 11.7 Å². The highest BCUT2D eigenvalue weighted by Crippen LogP contribution is 2.41. The second kappa shape index (κ2) is 5.30. The van der Waals surface area contributed by atoms with Crippen molar-refractivity contribution in [2.75, 3.05) is 7.11 Å². The lowest BCUT2D eigenvalue weighted by Crippen LogP contribution is -2.34. The molecule has 2 aliphatic carbocycles. The molecule has 0 saturated heterocycles. The third-order valence-corrected chi connectivity index (χ3v) is 4.76. The SMILES string of the molecule is COC1(c2noc(C3C=CC(N)C3)n2)CCC(C)CC1. The fourth-order valence-electron chi connectivity index (χ4n) is 3.23. The predicted molar refractivity (Wildman–Crippen MR) is 75.1 cm³/mol. The third kappa shape index (κ3) is 2.40. The van der Waals surface area contributed by atoms with Gasteiger partial charge in [0.1, 0.15) is 5.60 Å². The molecule has 0 amide bonds. The summed E-state index contributed by atoms with van der Waals surface area (Å²) in [5.41, 5.74) is 5.52. The lowest BCUT2D eigenvalue weighted by Gasteiger charge is -2.35. The predicted octanol–water partition coefficient (Wildman–Crippen LogP) is 2.49. The molecule has 5 nitrogen and oxygen atoms in total. The van der Waals surface area contributed by atoms with Gasteiger partial charge in [-0.15, -0.1) is 0 Å². The molecule has 0 radical (unpaired) electrons. The molecule has 2 atom stereocenters. The zero-order valence-electron chi connectivity index (χ0n) is 12.2. The van der Waals surface area contributed by atoms with Gasteiger partial charge < -0.3 is 15.0 Å². The Kier molecular flexibility index (Phi) is 3.65. The molecule has 3 rings (SSSR count). The summed E-state index contributed by atoms with van der Waals surface area (Å²) < 4.78 is 11.2.